The van der Waals surface area contributed by atoms with Crippen molar-refractivity contribution in [1.82, 2.24) is 4.90 Å². The molecule has 0 bridgehead atoms. The first kappa shape index (κ1) is 9.00. The molecule has 3 heteroatoms. The molecule has 0 radical (unpaired) electrons. The van der Waals surface area contributed by atoms with Crippen LogP contribution in [0.2, 0.25) is 0 Å². The molecular weight excluding hydrogens is 164 g/mol. The van der Waals surface area contributed by atoms with Gasteiger partial charge in [-0.15, -0.1) is 0 Å². The molecule has 0 aromatic heterocycles. The molecule has 3 nitrogen and oxygen atoms in total. The fourth-order valence-electron chi connectivity index (χ4n) is 2.72. The summed E-state index contributed by atoms with van der Waals surface area (Å²) < 4.78 is 0. The Bertz CT molecular complexity index is 217. The number of likely N-dealkylation sites (tertiary alicyclic amines) is 1. The summed E-state index contributed by atoms with van der Waals surface area (Å²) in [6.07, 6.45) is 3.48. The minimum absolute atomic E-state index is 0.225. The van der Waals surface area contributed by atoms with Gasteiger partial charge in [0.25, 0.3) is 0 Å². The molecule has 2 N–H and O–H groups in total. The lowest BCUT2D eigenvalue weighted by atomic mass is 9.79. The highest BCUT2D eigenvalue weighted by molar-refractivity contribution is 5.73. The maximum atomic E-state index is 11.2. The van der Waals surface area contributed by atoms with Crippen LogP contribution in [0.15, 0.2) is 0 Å². The molecule has 1 aliphatic heterocycles. The van der Waals surface area contributed by atoms with Crippen molar-refractivity contribution in [2.24, 2.45) is 17.6 Å². The van der Waals surface area contributed by atoms with Crippen molar-refractivity contribution >= 4 is 5.91 Å². The minimum atomic E-state index is 0.225. The summed E-state index contributed by atoms with van der Waals surface area (Å²) in [5.41, 5.74) is 5.91. The van der Waals surface area contributed by atoms with Crippen LogP contribution < -0.4 is 5.73 Å². The van der Waals surface area contributed by atoms with E-state index in [2.05, 4.69) is 0 Å². The fourth-order valence-corrected chi connectivity index (χ4v) is 2.72. The van der Waals surface area contributed by atoms with E-state index in [1.54, 1.807) is 6.92 Å². The van der Waals surface area contributed by atoms with Gasteiger partial charge in [-0.25, -0.2) is 0 Å². The van der Waals surface area contributed by atoms with Crippen LogP contribution in [0.4, 0.5) is 0 Å². The van der Waals surface area contributed by atoms with Gasteiger partial charge < -0.3 is 10.6 Å². The van der Waals surface area contributed by atoms with Crippen molar-refractivity contribution in [3.8, 4) is 0 Å². The second-order valence-electron chi connectivity index (χ2n) is 4.52. The summed E-state index contributed by atoms with van der Waals surface area (Å²) in [6, 6.07) is 0.383. The first-order valence-electron chi connectivity index (χ1n) is 5.18. The van der Waals surface area contributed by atoms with Gasteiger partial charge in [0.1, 0.15) is 0 Å². The van der Waals surface area contributed by atoms with E-state index in [0.29, 0.717) is 12.0 Å². The predicted molar refractivity (Wildman–Crippen MR) is 51.1 cm³/mol. The van der Waals surface area contributed by atoms with Crippen LogP contribution in [-0.4, -0.2) is 29.9 Å². The zero-order valence-corrected chi connectivity index (χ0v) is 8.20. The van der Waals surface area contributed by atoms with Crippen LogP contribution in [0.1, 0.15) is 26.2 Å². The average molecular weight is 182 g/mol. The van der Waals surface area contributed by atoms with Crippen LogP contribution in [0.3, 0.4) is 0 Å². The number of carbonyl (C=O) groups excluding carboxylic acids is 1. The van der Waals surface area contributed by atoms with E-state index in [4.69, 9.17) is 5.73 Å². The molecule has 0 aromatic rings. The lowest BCUT2D eigenvalue weighted by Crippen LogP contribution is -2.32. The van der Waals surface area contributed by atoms with E-state index in [1.165, 1.54) is 6.42 Å². The zero-order chi connectivity index (χ0) is 9.42. The molecule has 0 spiro atoms. The number of hydrogen-bond donors (Lipinski definition) is 1. The Hall–Kier alpha value is -0.570. The van der Waals surface area contributed by atoms with Gasteiger partial charge in [0, 0.05) is 26.1 Å². The van der Waals surface area contributed by atoms with Gasteiger partial charge in [-0.2, -0.15) is 0 Å². The number of hydrogen-bond acceptors (Lipinski definition) is 2. The molecule has 0 aromatic carbocycles. The molecule has 2 rings (SSSR count). The maximum Gasteiger partial charge on any atom is 0.219 e. The van der Waals surface area contributed by atoms with E-state index in [9.17, 15) is 4.79 Å². The van der Waals surface area contributed by atoms with Gasteiger partial charge in [0.2, 0.25) is 5.91 Å². The average Bonchev–Trinajstić information content (AvgIpc) is 2.46. The van der Waals surface area contributed by atoms with E-state index in [-0.39, 0.29) is 5.91 Å². The van der Waals surface area contributed by atoms with Gasteiger partial charge in [0.15, 0.2) is 0 Å². The second-order valence-corrected chi connectivity index (χ2v) is 4.52. The van der Waals surface area contributed by atoms with Crippen LogP contribution >= 0.6 is 0 Å². The third kappa shape index (κ3) is 1.70. The van der Waals surface area contributed by atoms with Crippen LogP contribution in [0.25, 0.3) is 0 Å². The number of nitrogens with two attached hydrogens (primary N) is 1. The number of nitrogens with zero attached hydrogens (tertiary/aromatic N) is 1. The smallest absolute Gasteiger partial charge is 0.219 e. The SMILES string of the molecule is CC(=O)N1C[C@H]2CCC(N)C[C@H]2C1. The van der Waals surface area contributed by atoms with Crippen molar-refractivity contribution < 1.29 is 4.79 Å². The number of carbonyl (C=O) groups is 1. The Morgan fingerprint density at radius 3 is 2.69 bits per heavy atom. The molecule has 2 aliphatic rings. The number of amides is 1. The molecular formula is C10H18N2O. The highest BCUT2D eigenvalue weighted by atomic mass is 16.2. The Morgan fingerprint density at radius 2 is 2.00 bits per heavy atom. The monoisotopic (exact) mass is 182 g/mol. The largest absolute Gasteiger partial charge is 0.342 e. The van der Waals surface area contributed by atoms with E-state index in [0.717, 1.165) is 31.8 Å². The highest BCUT2D eigenvalue weighted by Crippen LogP contribution is 2.35. The van der Waals surface area contributed by atoms with E-state index >= 15 is 0 Å². The molecule has 2 fully saturated rings. The molecule has 1 heterocycles. The highest BCUT2D eigenvalue weighted by Gasteiger charge is 2.37. The summed E-state index contributed by atoms with van der Waals surface area (Å²) in [5.74, 6) is 1.65. The van der Waals surface area contributed by atoms with Crippen molar-refractivity contribution in [3.63, 3.8) is 0 Å². The van der Waals surface area contributed by atoms with Crippen molar-refractivity contribution in [1.29, 1.82) is 0 Å². The van der Waals surface area contributed by atoms with Crippen LogP contribution in [0.5, 0.6) is 0 Å². The first-order valence-corrected chi connectivity index (χ1v) is 5.18. The van der Waals surface area contributed by atoms with Crippen LogP contribution in [-0.2, 0) is 4.79 Å². The second kappa shape index (κ2) is 3.29. The summed E-state index contributed by atoms with van der Waals surface area (Å²) in [4.78, 5) is 13.1. The third-order valence-electron chi connectivity index (χ3n) is 3.54. The Balaban J connectivity index is 1.98. The Kier molecular flexibility index (Phi) is 2.28. The summed E-state index contributed by atoms with van der Waals surface area (Å²) in [5, 5.41) is 0. The molecule has 1 aliphatic carbocycles. The molecule has 13 heavy (non-hydrogen) atoms. The predicted octanol–water partition coefficient (Wildman–Crippen LogP) is 0.592. The van der Waals surface area contributed by atoms with E-state index in [1.807, 2.05) is 4.90 Å². The molecule has 74 valence electrons. The summed E-state index contributed by atoms with van der Waals surface area (Å²) >= 11 is 0. The van der Waals surface area contributed by atoms with Crippen molar-refractivity contribution in [3.05, 3.63) is 0 Å². The molecule has 1 saturated carbocycles. The van der Waals surface area contributed by atoms with Gasteiger partial charge in [-0.1, -0.05) is 0 Å². The molecule has 1 amide bonds. The number of fused-ring (bicyclic) bond motifs is 1. The van der Waals surface area contributed by atoms with Crippen molar-refractivity contribution in [2.45, 2.75) is 32.2 Å². The molecule has 1 unspecified atom stereocenters. The van der Waals surface area contributed by atoms with Gasteiger partial charge in [-0.3, -0.25) is 4.79 Å². The first-order chi connectivity index (χ1) is 6.16. The quantitative estimate of drug-likeness (QED) is 0.596. The standard InChI is InChI=1S/C10H18N2O/c1-7(13)12-5-8-2-3-10(11)4-9(8)6-12/h8-10H,2-6,11H2,1H3/t8-,9+,10?/m1/s1. The van der Waals surface area contributed by atoms with E-state index < -0.39 is 0 Å². The lowest BCUT2D eigenvalue weighted by Gasteiger charge is -2.27. The van der Waals surface area contributed by atoms with Crippen molar-refractivity contribution in [2.75, 3.05) is 13.1 Å². The Morgan fingerprint density at radius 1 is 1.31 bits per heavy atom. The molecule has 1 saturated heterocycles. The molecule has 3 atom stereocenters. The van der Waals surface area contributed by atoms with Gasteiger partial charge in [0.05, 0.1) is 0 Å². The maximum absolute atomic E-state index is 11.2. The van der Waals surface area contributed by atoms with Crippen LogP contribution in [0, 0.1) is 11.8 Å². The van der Waals surface area contributed by atoms with Gasteiger partial charge in [-0.05, 0) is 31.1 Å². The minimum Gasteiger partial charge on any atom is -0.342 e. The fraction of sp³-hybridized carbons (Fsp3) is 0.900. The summed E-state index contributed by atoms with van der Waals surface area (Å²) in [6.45, 7) is 3.59. The zero-order valence-electron chi connectivity index (χ0n) is 8.20. The normalized spacial score (nSPS) is 38.9. The Labute approximate surface area is 79.3 Å². The number of rotatable bonds is 0. The topological polar surface area (TPSA) is 46.3 Å². The third-order valence-corrected chi connectivity index (χ3v) is 3.54. The van der Waals surface area contributed by atoms with Gasteiger partial charge >= 0.3 is 0 Å². The lowest BCUT2D eigenvalue weighted by molar-refractivity contribution is -0.128. The summed E-state index contributed by atoms with van der Waals surface area (Å²) in [7, 11) is 0.